The Bertz CT molecular complexity index is 69.8. The molecule has 3 heteroatoms. The summed E-state index contributed by atoms with van der Waals surface area (Å²) in [4.78, 5) is 0. The zero-order valence-corrected chi connectivity index (χ0v) is 4.18. The van der Waals surface area contributed by atoms with Crippen LogP contribution in [0.5, 0.6) is 0 Å². The summed E-state index contributed by atoms with van der Waals surface area (Å²) in [5.41, 5.74) is 0. The minimum atomic E-state index is 0.560. The molecule has 0 aromatic rings. The molecule has 0 aliphatic carbocycles. The van der Waals surface area contributed by atoms with Crippen LogP contribution in [0.4, 0.5) is 0 Å². The van der Waals surface area contributed by atoms with Crippen molar-refractivity contribution in [3.63, 3.8) is 0 Å². The third kappa shape index (κ3) is 0.486. The summed E-state index contributed by atoms with van der Waals surface area (Å²) < 4.78 is 5.29. The van der Waals surface area contributed by atoms with Gasteiger partial charge in [-0.2, -0.15) is 0 Å². The van der Waals surface area contributed by atoms with Crippen molar-refractivity contribution in [2.24, 2.45) is 0 Å². The predicted molar refractivity (Wildman–Crippen MR) is 28.3 cm³/mol. The Balaban J connectivity index is 2.12. The highest BCUT2D eigenvalue weighted by Crippen LogP contribution is 2.16. The Hall–Kier alpha value is -0.0151. The smallest absolute Gasteiger partial charge is 0.251 e. The quantitative estimate of drug-likeness (QED) is 0.412. The van der Waals surface area contributed by atoms with Gasteiger partial charge >= 0.3 is 0 Å². The van der Waals surface area contributed by atoms with Gasteiger partial charge in [0, 0.05) is 13.1 Å². The second-order valence-electron chi connectivity index (χ2n) is 2.30. The highest BCUT2D eigenvalue weighted by atomic mass is 16.5. The molecule has 1 unspecified atom stereocenters. The highest BCUT2D eigenvalue weighted by molar-refractivity contribution is 6.57. The van der Waals surface area contributed by atoms with E-state index in [1.54, 1.807) is 0 Å². The lowest BCUT2D eigenvalue weighted by atomic mass is 9.64. The number of rotatable bonds is 0. The van der Waals surface area contributed by atoms with Gasteiger partial charge in [-0.05, 0) is 6.32 Å². The molecule has 2 aliphatic rings. The molecule has 2 bridgehead atoms. The molecule has 0 aromatic carbocycles. The molecular weight excluding hydrogens is 88.9 g/mol. The first kappa shape index (κ1) is 3.92. The Morgan fingerprint density at radius 2 is 2.71 bits per heavy atom. The number of nitrogens with one attached hydrogen (secondary N) is 1. The van der Waals surface area contributed by atoms with Crippen molar-refractivity contribution in [3.05, 3.63) is 0 Å². The van der Waals surface area contributed by atoms with E-state index < -0.39 is 0 Å². The maximum atomic E-state index is 5.29. The van der Waals surface area contributed by atoms with Gasteiger partial charge in [-0.15, -0.1) is 0 Å². The Morgan fingerprint density at radius 1 is 1.71 bits per heavy atom. The number of ether oxygens (including phenoxy) is 1. The third-order valence-corrected chi connectivity index (χ3v) is 1.71. The van der Waals surface area contributed by atoms with Crippen LogP contribution in [0.15, 0.2) is 0 Å². The van der Waals surface area contributed by atoms with E-state index in [2.05, 4.69) is 5.23 Å². The van der Waals surface area contributed by atoms with Gasteiger partial charge in [0.05, 0.1) is 6.10 Å². The van der Waals surface area contributed by atoms with Crippen molar-refractivity contribution in [2.45, 2.75) is 12.4 Å². The van der Waals surface area contributed by atoms with Crippen molar-refractivity contribution in [1.82, 2.24) is 5.23 Å². The van der Waals surface area contributed by atoms with Crippen molar-refractivity contribution in [3.8, 4) is 0 Å². The molecule has 0 radical (unpaired) electrons. The fourth-order valence-corrected chi connectivity index (χ4v) is 1.29. The molecule has 1 N–H and O–H groups in total. The Kier molecular flexibility index (Phi) is 0.691. The predicted octanol–water partition coefficient (Wildman–Crippen LogP) is -0.481. The second-order valence-corrected chi connectivity index (χ2v) is 2.30. The van der Waals surface area contributed by atoms with Crippen LogP contribution in [0.1, 0.15) is 0 Å². The first-order valence-corrected chi connectivity index (χ1v) is 2.80. The molecule has 2 heterocycles. The maximum absolute atomic E-state index is 5.29. The van der Waals surface area contributed by atoms with Crippen LogP contribution in [0, 0.1) is 0 Å². The van der Waals surface area contributed by atoms with E-state index in [0.29, 0.717) is 13.0 Å². The van der Waals surface area contributed by atoms with Gasteiger partial charge in [-0.25, -0.2) is 0 Å². The summed E-state index contributed by atoms with van der Waals surface area (Å²) in [5, 5.41) is 3.33. The van der Waals surface area contributed by atoms with Crippen LogP contribution in [0.2, 0.25) is 6.32 Å². The minimum absolute atomic E-state index is 0.560. The van der Waals surface area contributed by atoms with Crippen molar-refractivity contribution in [2.75, 3.05) is 13.1 Å². The Morgan fingerprint density at radius 3 is 2.86 bits per heavy atom. The topological polar surface area (TPSA) is 21.3 Å². The lowest BCUT2D eigenvalue weighted by molar-refractivity contribution is 0.118. The molecular formula is C4H8BNO. The van der Waals surface area contributed by atoms with Crippen molar-refractivity contribution >= 4 is 6.85 Å². The summed E-state index contributed by atoms with van der Waals surface area (Å²) in [5.74, 6) is 0. The molecule has 2 saturated heterocycles. The zero-order valence-electron chi connectivity index (χ0n) is 4.18. The molecule has 38 valence electrons. The van der Waals surface area contributed by atoms with Crippen LogP contribution >= 0.6 is 0 Å². The van der Waals surface area contributed by atoms with Crippen LogP contribution in [-0.2, 0) is 4.74 Å². The average molecular weight is 96.9 g/mol. The van der Waals surface area contributed by atoms with E-state index in [1.165, 1.54) is 6.32 Å². The third-order valence-electron chi connectivity index (χ3n) is 1.71. The standard InChI is InChI=1S/C4H8BNO/c1-4-2-6-5(1)3-7-4/h4,6H,1-3H2. The number of hydrogen-bond donors (Lipinski definition) is 1. The molecule has 0 amide bonds. The van der Waals surface area contributed by atoms with Gasteiger partial charge in [0.25, 0.3) is 6.85 Å². The summed E-state index contributed by atoms with van der Waals surface area (Å²) in [6, 6.07) is 0. The molecule has 0 aromatic heterocycles. The van der Waals surface area contributed by atoms with E-state index in [1.807, 2.05) is 0 Å². The summed E-state index contributed by atoms with van der Waals surface area (Å²) in [6.45, 7) is 2.74. The first-order valence-electron chi connectivity index (χ1n) is 2.80. The van der Waals surface area contributed by atoms with Gasteiger partial charge in [0.1, 0.15) is 0 Å². The van der Waals surface area contributed by atoms with E-state index in [9.17, 15) is 0 Å². The largest absolute Gasteiger partial charge is 0.384 e. The molecule has 2 rings (SSSR count). The SMILES string of the molecule is C1OC2CNB1C2. The molecule has 0 spiro atoms. The average Bonchev–Trinajstić information content (AvgIpc) is 2.22. The van der Waals surface area contributed by atoms with E-state index >= 15 is 0 Å². The summed E-state index contributed by atoms with van der Waals surface area (Å²) in [6.07, 6.45) is 1.81. The van der Waals surface area contributed by atoms with Gasteiger partial charge in [0.2, 0.25) is 0 Å². The summed E-state index contributed by atoms with van der Waals surface area (Å²) in [7, 11) is 0. The van der Waals surface area contributed by atoms with Crippen LogP contribution in [0.3, 0.4) is 0 Å². The molecule has 1 atom stereocenters. The first-order chi connectivity index (χ1) is 3.45. The molecule has 2 nitrogen and oxygen atoms in total. The minimum Gasteiger partial charge on any atom is -0.384 e. The maximum Gasteiger partial charge on any atom is 0.251 e. The molecule has 2 fully saturated rings. The Labute approximate surface area is 43.3 Å². The van der Waals surface area contributed by atoms with Gasteiger partial charge in [-0.3, -0.25) is 0 Å². The molecule has 7 heavy (non-hydrogen) atoms. The number of fused-ring (bicyclic) bond motifs is 2. The summed E-state index contributed by atoms with van der Waals surface area (Å²) >= 11 is 0. The fraction of sp³-hybridized carbons (Fsp3) is 1.00. The van der Waals surface area contributed by atoms with Crippen LogP contribution < -0.4 is 5.23 Å². The van der Waals surface area contributed by atoms with Crippen molar-refractivity contribution in [1.29, 1.82) is 0 Å². The van der Waals surface area contributed by atoms with E-state index in [4.69, 9.17) is 4.74 Å². The van der Waals surface area contributed by atoms with Crippen LogP contribution in [-0.4, -0.2) is 26.0 Å². The lowest BCUT2D eigenvalue weighted by Crippen LogP contribution is -2.34. The second kappa shape index (κ2) is 1.23. The van der Waals surface area contributed by atoms with Crippen LogP contribution in [0.25, 0.3) is 0 Å². The van der Waals surface area contributed by atoms with Gasteiger partial charge < -0.3 is 9.96 Å². The van der Waals surface area contributed by atoms with E-state index in [-0.39, 0.29) is 0 Å². The normalized spacial score (nSPS) is 37.7. The highest BCUT2D eigenvalue weighted by Gasteiger charge is 2.34. The monoisotopic (exact) mass is 97.1 g/mol. The number of hydrogen-bond acceptors (Lipinski definition) is 2. The van der Waals surface area contributed by atoms with Gasteiger partial charge in [0.15, 0.2) is 0 Å². The van der Waals surface area contributed by atoms with E-state index in [0.717, 1.165) is 13.1 Å². The molecule has 2 aliphatic heterocycles. The van der Waals surface area contributed by atoms with Gasteiger partial charge in [-0.1, -0.05) is 0 Å². The fourth-order valence-electron chi connectivity index (χ4n) is 1.29. The zero-order chi connectivity index (χ0) is 4.69. The lowest BCUT2D eigenvalue weighted by Gasteiger charge is -2.08. The van der Waals surface area contributed by atoms with Crippen molar-refractivity contribution < 1.29 is 4.74 Å². The molecule has 0 saturated carbocycles.